The van der Waals surface area contributed by atoms with Crippen molar-refractivity contribution >= 4 is 39.2 Å². The Balaban J connectivity index is 1.82. The zero-order chi connectivity index (χ0) is 19.0. The molecule has 0 fully saturated rings. The fourth-order valence-corrected chi connectivity index (χ4v) is 5.95. The Kier molecular flexibility index (Phi) is 5.77. The minimum atomic E-state index is -0.0680. The summed E-state index contributed by atoms with van der Waals surface area (Å²) in [5.74, 6) is 1.02. The number of carbonyl (C=O) groups excluding carboxylic acids is 1. The summed E-state index contributed by atoms with van der Waals surface area (Å²) in [4.78, 5) is 36.7. The molecule has 0 spiro atoms. The number of H-pyrrole nitrogens is 1. The van der Waals surface area contributed by atoms with Gasteiger partial charge < -0.3 is 9.88 Å². The topological polar surface area (TPSA) is 66.1 Å². The van der Waals surface area contributed by atoms with Crippen LogP contribution < -0.4 is 5.56 Å². The quantitative estimate of drug-likeness (QED) is 0.619. The number of fused-ring (bicyclic) bond motifs is 3. The van der Waals surface area contributed by atoms with Crippen LogP contribution in [0.4, 0.5) is 0 Å². The maximum absolute atomic E-state index is 12.6. The number of thioether (sulfide) groups is 1. The number of aryl methyl sites for hydroxylation is 1. The van der Waals surface area contributed by atoms with Crippen LogP contribution in [-0.2, 0) is 17.6 Å². The van der Waals surface area contributed by atoms with Gasteiger partial charge in [-0.1, -0.05) is 18.7 Å². The third kappa shape index (κ3) is 3.83. The van der Waals surface area contributed by atoms with E-state index in [1.807, 2.05) is 32.6 Å². The highest BCUT2D eigenvalue weighted by molar-refractivity contribution is 7.99. The lowest BCUT2D eigenvalue weighted by molar-refractivity contribution is -0.131. The summed E-state index contributed by atoms with van der Waals surface area (Å²) in [6.07, 6.45) is 3.13. The Morgan fingerprint density at radius 3 is 2.69 bits per heavy atom. The van der Waals surface area contributed by atoms with Gasteiger partial charge in [0.25, 0.3) is 5.56 Å². The summed E-state index contributed by atoms with van der Waals surface area (Å²) < 4.78 is 0. The molecule has 2 aromatic heterocycles. The third-order valence-corrected chi connectivity index (χ3v) is 6.88. The van der Waals surface area contributed by atoms with Crippen LogP contribution in [-0.4, -0.2) is 38.6 Å². The fourth-order valence-electron chi connectivity index (χ4n) is 3.77. The van der Waals surface area contributed by atoms with Gasteiger partial charge in [-0.05, 0) is 58.4 Å². The van der Waals surface area contributed by atoms with Crippen LogP contribution in [0.2, 0.25) is 0 Å². The highest BCUT2D eigenvalue weighted by Gasteiger charge is 2.24. The van der Waals surface area contributed by atoms with Crippen LogP contribution >= 0.6 is 23.1 Å². The SMILES string of the molecule is CC(C)N(C(=O)CSc1nc2sc3c(c2c(=O)[nH]1)CC[C@@H](C)C3)C(C)C. The highest BCUT2D eigenvalue weighted by atomic mass is 32.2. The molecule has 7 heteroatoms. The van der Waals surface area contributed by atoms with Crippen molar-refractivity contribution < 1.29 is 4.79 Å². The number of nitrogens with one attached hydrogen (secondary N) is 1. The largest absolute Gasteiger partial charge is 0.337 e. The number of hydrogen-bond acceptors (Lipinski definition) is 5. The molecule has 2 aromatic rings. The van der Waals surface area contributed by atoms with E-state index in [2.05, 4.69) is 16.9 Å². The number of aromatic amines is 1. The van der Waals surface area contributed by atoms with Crippen LogP contribution in [0.15, 0.2) is 9.95 Å². The van der Waals surface area contributed by atoms with E-state index in [-0.39, 0.29) is 29.3 Å². The van der Waals surface area contributed by atoms with Crippen LogP contribution in [0.25, 0.3) is 10.2 Å². The Labute approximate surface area is 162 Å². The number of nitrogens with zero attached hydrogens (tertiary/aromatic N) is 2. The van der Waals surface area contributed by atoms with Gasteiger partial charge in [-0.15, -0.1) is 11.3 Å². The molecule has 142 valence electrons. The van der Waals surface area contributed by atoms with Gasteiger partial charge in [-0.3, -0.25) is 9.59 Å². The number of aromatic nitrogens is 2. The van der Waals surface area contributed by atoms with Crippen molar-refractivity contribution in [1.82, 2.24) is 14.9 Å². The lowest BCUT2D eigenvalue weighted by atomic mass is 9.89. The molecule has 3 rings (SSSR count). The molecule has 0 unspecified atom stereocenters. The number of amides is 1. The van der Waals surface area contributed by atoms with E-state index in [1.54, 1.807) is 11.3 Å². The van der Waals surface area contributed by atoms with Crippen molar-refractivity contribution in [3.63, 3.8) is 0 Å². The first-order valence-electron chi connectivity index (χ1n) is 9.26. The summed E-state index contributed by atoms with van der Waals surface area (Å²) in [6, 6.07) is 0.312. The van der Waals surface area contributed by atoms with E-state index < -0.39 is 0 Å². The molecule has 0 aromatic carbocycles. The van der Waals surface area contributed by atoms with Crippen molar-refractivity contribution in [3.8, 4) is 0 Å². The Hall–Kier alpha value is -1.34. The van der Waals surface area contributed by atoms with Crippen molar-refractivity contribution in [1.29, 1.82) is 0 Å². The standard InChI is InChI=1S/C19H27N3O2S2/c1-10(2)22(11(3)4)15(23)9-25-19-20-17(24)16-13-7-6-12(5)8-14(13)26-18(16)21-19/h10-12H,6-9H2,1-5H3,(H,20,21,24)/t12-/m1/s1. The van der Waals surface area contributed by atoms with Gasteiger partial charge in [0, 0.05) is 17.0 Å². The van der Waals surface area contributed by atoms with Crippen LogP contribution in [0.3, 0.4) is 0 Å². The zero-order valence-corrected chi connectivity index (χ0v) is 17.7. The first-order valence-corrected chi connectivity index (χ1v) is 11.1. The minimum Gasteiger partial charge on any atom is -0.337 e. The number of rotatable bonds is 5. The van der Waals surface area contributed by atoms with Gasteiger partial charge in [0.2, 0.25) is 5.91 Å². The molecule has 1 aliphatic carbocycles. The predicted molar refractivity (Wildman–Crippen MR) is 109 cm³/mol. The van der Waals surface area contributed by atoms with Crippen LogP contribution in [0.5, 0.6) is 0 Å². The fraction of sp³-hybridized carbons (Fsp3) is 0.632. The van der Waals surface area contributed by atoms with Gasteiger partial charge in [-0.2, -0.15) is 0 Å². The van der Waals surface area contributed by atoms with Gasteiger partial charge in [-0.25, -0.2) is 4.98 Å². The maximum Gasteiger partial charge on any atom is 0.260 e. The molecule has 0 saturated carbocycles. The van der Waals surface area contributed by atoms with E-state index in [0.29, 0.717) is 11.1 Å². The van der Waals surface area contributed by atoms with Gasteiger partial charge in [0.05, 0.1) is 11.1 Å². The molecule has 1 aliphatic rings. The lowest BCUT2D eigenvalue weighted by Crippen LogP contribution is -2.43. The summed E-state index contributed by atoms with van der Waals surface area (Å²) in [5.41, 5.74) is 1.12. The van der Waals surface area contributed by atoms with Crippen LogP contribution in [0.1, 0.15) is 51.5 Å². The summed E-state index contributed by atoms with van der Waals surface area (Å²) in [5, 5.41) is 1.30. The van der Waals surface area contributed by atoms with Gasteiger partial charge in [0.1, 0.15) is 4.83 Å². The molecule has 0 aliphatic heterocycles. The van der Waals surface area contributed by atoms with Crippen molar-refractivity contribution in [3.05, 3.63) is 20.8 Å². The van der Waals surface area contributed by atoms with Crippen molar-refractivity contribution in [2.75, 3.05) is 5.75 Å². The first kappa shape index (κ1) is 19.4. The average molecular weight is 394 g/mol. The average Bonchev–Trinajstić information content (AvgIpc) is 2.89. The third-order valence-electron chi connectivity index (χ3n) is 4.88. The summed E-state index contributed by atoms with van der Waals surface area (Å²) in [6.45, 7) is 10.3. The van der Waals surface area contributed by atoms with Gasteiger partial charge in [0.15, 0.2) is 5.16 Å². The second-order valence-electron chi connectivity index (χ2n) is 7.68. The van der Waals surface area contributed by atoms with E-state index in [0.717, 1.165) is 29.5 Å². The normalized spacial score (nSPS) is 17.1. The van der Waals surface area contributed by atoms with Gasteiger partial charge >= 0.3 is 0 Å². The zero-order valence-electron chi connectivity index (χ0n) is 16.1. The summed E-state index contributed by atoms with van der Waals surface area (Å²) >= 11 is 2.96. The predicted octanol–water partition coefficient (Wildman–Crippen LogP) is 3.85. The van der Waals surface area contributed by atoms with Crippen molar-refractivity contribution in [2.45, 2.75) is 71.1 Å². The van der Waals surface area contributed by atoms with Crippen LogP contribution in [0, 0.1) is 5.92 Å². The smallest absolute Gasteiger partial charge is 0.260 e. The molecule has 1 atom stereocenters. The van der Waals surface area contributed by atoms with Crippen molar-refractivity contribution in [2.24, 2.45) is 5.92 Å². The van der Waals surface area contributed by atoms with E-state index in [1.165, 1.54) is 22.2 Å². The summed E-state index contributed by atoms with van der Waals surface area (Å²) in [7, 11) is 0. The number of thiophene rings is 1. The molecule has 1 N–H and O–H groups in total. The van der Waals surface area contributed by atoms with E-state index >= 15 is 0 Å². The number of carbonyl (C=O) groups is 1. The Morgan fingerprint density at radius 1 is 1.35 bits per heavy atom. The highest BCUT2D eigenvalue weighted by Crippen LogP contribution is 2.36. The Bertz CT molecular complexity index is 862. The molecule has 0 saturated heterocycles. The lowest BCUT2D eigenvalue weighted by Gasteiger charge is -2.30. The Morgan fingerprint density at radius 2 is 2.04 bits per heavy atom. The molecular weight excluding hydrogens is 366 g/mol. The molecule has 5 nitrogen and oxygen atoms in total. The molecule has 1 amide bonds. The monoisotopic (exact) mass is 393 g/mol. The first-order chi connectivity index (χ1) is 12.3. The molecule has 26 heavy (non-hydrogen) atoms. The molecular formula is C19H27N3O2S2. The minimum absolute atomic E-state index is 0.0680. The second-order valence-corrected chi connectivity index (χ2v) is 9.73. The molecule has 0 radical (unpaired) electrons. The number of hydrogen-bond donors (Lipinski definition) is 1. The maximum atomic E-state index is 12.6. The van der Waals surface area contributed by atoms with E-state index in [9.17, 15) is 9.59 Å². The second kappa shape index (κ2) is 7.72. The van der Waals surface area contributed by atoms with E-state index in [4.69, 9.17) is 0 Å². The molecule has 2 heterocycles. The molecule has 0 bridgehead atoms.